The van der Waals surface area contributed by atoms with Crippen LogP contribution in [0.3, 0.4) is 0 Å². The Morgan fingerprint density at radius 2 is 1.88 bits per heavy atom. The fourth-order valence-corrected chi connectivity index (χ4v) is 3.31. The van der Waals surface area contributed by atoms with Crippen molar-refractivity contribution in [2.75, 3.05) is 25.0 Å². The standard InChI is InChI=1S/C21H34N2O2/c1-3-5-9-18(4-2)17-25-21(24)22-20-12-10-19(11-13-20)16-23-14-7-6-8-15-23/h10-13,18H,3-9,14-17H2,1-2H3,(H,22,24). The molecule has 1 N–H and O–H groups in total. The van der Waals surface area contributed by atoms with Crippen molar-refractivity contribution >= 4 is 11.8 Å². The molecule has 25 heavy (non-hydrogen) atoms. The number of likely N-dealkylation sites (tertiary alicyclic amines) is 1. The number of nitrogens with one attached hydrogen (secondary N) is 1. The lowest BCUT2D eigenvalue weighted by atomic mass is 10.0. The molecule has 4 heteroatoms. The molecule has 1 amide bonds. The molecule has 0 saturated carbocycles. The number of ether oxygens (including phenoxy) is 1. The first-order chi connectivity index (χ1) is 12.2. The van der Waals surface area contributed by atoms with Crippen LogP contribution in [0.15, 0.2) is 24.3 Å². The van der Waals surface area contributed by atoms with Gasteiger partial charge in [-0.05, 0) is 56.0 Å². The van der Waals surface area contributed by atoms with Crippen molar-refractivity contribution in [3.8, 4) is 0 Å². The molecule has 140 valence electrons. The Labute approximate surface area is 152 Å². The van der Waals surface area contributed by atoms with Gasteiger partial charge in [-0.2, -0.15) is 0 Å². The summed E-state index contributed by atoms with van der Waals surface area (Å²) in [5.74, 6) is 0.470. The summed E-state index contributed by atoms with van der Waals surface area (Å²) in [7, 11) is 0. The SMILES string of the molecule is CCCCC(CC)COC(=O)Nc1ccc(CN2CCCCC2)cc1. The van der Waals surface area contributed by atoms with E-state index in [0.717, 1.165) is 25.1 Å². The second-order valence-electron chi connectivity index (χ2n) is 7.17. The Bertz CT molecular complexity index is 495. The molecule has 0 aromatic heterocycles. The number of unbranched alkanes of at least 4 members (excludes halogenated alkanes) is 1. The Morgan fingerprint density at radius 1 is 1.16 bits per heavy atom. The number of anilines is 1. The molecular formula is C21H34N2O2. The molecule has 1 aromatic rings. The zero-order chi connectivity index (χ0) is 17.9. The number of hydrogen-bond donors (Lipinski definition) is 1. The summed E-state index contributed by atoms with van der Waals surface area (Å²) >= 11 is 0. The summed E-state index contributed by atoms with van der Waals surface area (Å²) in [5, 5.41) is 2.83. The molecule has 1 atom stereocenters. The maximum absolute atomic E-state index is 12.0. The first-order valence-electron chi connectivity index (χ1n) is 9.96. The van der Waals surface area contributed by atoms with Crippen LogP contribution in [0, 0.1) is 5.92 Å². The van der Waals surface area contributed by atoms with Gasteiger partial charge in [0, 0.05) is 12.2 Å². The van der Waals surface area contributed by atoms with Gasteiger partial charge in [0.25, 0.3) is 0 Å². The van der Waals surface area contributed by atoms with E-state index in [1.165, 1.54) is 50.8 Å². The molecule has 1 aromatic carbocycles. The van der Waals surface area contributed by atoms with E-state index in [2.05, 4.69) is 36.2 Å². The zero-order valence-corrected chi connectivity index (χ0v) is 15.9. The predicted octanol–water partition coefficient (Wildman–Crippen LogP) is 5.44. The molecule has 1 heterocycles. The van der Waals surface area contributed by atoms with Crippen LogP contribution in [0.4, 0.5) is 10.5 Å². The molecule has 1 saturated heterocycles. The van der Waals surface area contributed by atoms with Crippen molar-refractivity contribution in [2.45, 2.75) is 65.3 Å². The monoisotopic (exact) mass is 346 g/mol. The summed E-state index contributed by atoms with van der Waals surface area (Å²) in [6, 6.07) is 8.13. The number of nitrogens with zero attached hydrogens (tertiary/aromatic N) is 1. The largest absolute Gasteiger partial charge is 0.449 e. The lowest BCUT2D eigenvalue weighted by Gasteiger charge is -2.26. The zero-order valence-electron chi connectivity index (χ0n) is 15.9. The third-order valence-corrected chi connectivity index (χ3v) is 5.05. The molecule has 1 fully saturated rings. The van der Waals surface area contributed by atoms with Crippen molar-refractivity contribution < 1.29 is 9.53 Å². The van der Waals surface area contributed by atoms with E-state index >= 15 is 0 Å². The van der Waals surface area contributed by atoms with Crippen LogP contribution in [0.5, 0.6) is 0 Å². The van der Waals surface area contributed by atoms with E-state index in [4.69, 9.17) is 4.74 Å². The smallest absolute Gasteiger partial charge is 0.411 e. The lowest BCUT2D eigenvalue weighted by Crippen LogP contribution is -2.29. The van der Waals surface area contributed by atoms with E-state index in [-0.39, 0.29) is 6.09 Å². The third kappa shape index (κ3) is 7.47. The van der Waals surface area contributed by atoms with E-state index in [1.54, 1.807) is 0 Å². The van der Waals surface area contributed by atoms with Crippen molar-refractivity contribution in [2.24, 2.45) is 5.92 Å². The van der Waals surface area contributed by atoms with Crippen LogP contribution in [0.25, 0.3) is 0 Å². The van der Waals surface area contributed by atoms with Crippen LogP contribution in [0.2, 0.25) is 0 Å². The topological polar surface area (TPSA) is 41.6 Å². The second-order valence-corrected chi connectivity index (χ2v) is 7.17. The van der Waals surface area contributed by atoms with Gasteiger partial charge in [0.05, 0.1) is 6.61 Å². The van der Waals surface area contributed by atoms with Gasteiger partial charge in [-0.15, -0.1) is 0 Å². The van der Waals surface area contributed by atoms with Gasteiger partial charge in [-0.3, -0.25) is 10.2 Å². The van der Waals surface area contributed by atoms with E-state index in [1.807, 2.05) is 12.1 Å². The molecule has 0 bridgehead atoms. The Balaban J connectivity index is 1.73. The highest BCUT2D eigenvalue weighted by Gasteiger charge is 2.12. The average molecular weight is 347 g/mol. The van der Waals surface area contributed by atoms with E-state index in [9.17, 15) is 4.79 Å². The lowest BCUT2D eigenvalue weighted by molar-refractivity contribution is 0.136. The molecule has 1 aliphatic heterocycles. The van der Waals surface area contributed by atoms with Gasteiger partial charge in [0.2, 0.25) is 0 Å². The maximum atomic E-state index is 12.0. The summed E-state index contributed by atoms with van der Waals surface area (Å²) in [6.45, 7) is 8.25. The first kappa shape index (κ1) is 19.8. The fourth-order valence-electron chi connectivity index (χ4n) is 3.31. The Morgan fingerprint density at radius 3 is 2.52 bits per heavy atom. The Hall–Kier alpha value is -1.55. The molecule has 2 rings (SSSR count). The number of amides is 1. The summed E-state index contributed by atoms with van der Waals surface area (Å²) in [6.07, 6.45) is 8.20. The predicted molar refractivity (Wildman–Crippen MR) is 104 cm³/mol. The van der Waals surface area contributed by atoms with E-state index < -0.39 is 0 Å². The molecule has 1 unspecified atom stereocenters. The number of piperidine rings is 1. The van der Waals surface area contributed by atoms with Gasteiger partial charge < -0.3 is 4.74 Å². The first-order valence-corrected chi connectivity index (χ1v) is 9.96. The minimum absolute atomic E-state index is 0.348. The normalized spacial score (nSPS) is 16.4. The number of rotatable bonds is 9. The number of benzene rings is 1. The molecule has 4 nitrogen and oxygen atoms in total. The highest BCUT2D eigenvalue weighted by atomic mass is 16.5. The summed E-state index contributed by atoms with van der Waals surface area (Å²) in [4.78, 5) is 14.5. The third-order valence-electron chi connectivity index (χ3n) is 5.05. The van der Waals surface area contributed by atoms with Crippen molar-refractivity contribution in [1.29, 1.82) is 0 Å². The highest BCUT2D eigenvalue weighted by molar-refractivity contribution is 5.84. The summed E-state index contributed by atoms with van der Waals surface area (Å²) < 4.78 is 5.39. The van der Waals surface area contributed by atoms with Gasteiger partial charge in [0.1, 0.15) is 0 Å². The van der Waals surface area contributed by atoms with Gasteiger partial charge in [-0.25, -0.2) is 4.79 Å². The quantitative estimate of drug-likeness (QED) is 0.647. The minimum Gasteiger partial charge on any atom is -0.449 e. The van der Waals surface area contributed by atoms with Gasteiger partial charge in [0.15, 0.2) is 0 Å². The van der Waals surface area contributed by atoms with Crippen molar-refractivity contribution in [3.05, 3.63) is 29.8 Å². The second kappa shape index (κ2) is 11.1. The minimum atomic E-state index is -0.348. The fraction of sp³-hybridized carbons (Fsp3) is 0.667. The van der Waals surface area contributed by atoms with E-state index in [0.29, 0.717) is 12.5 Å². The number of carbonyl (C=O) groups is 1. The molecular weight excluding hydrogens is 312 g/mol. The van der Waals surface area contributed by atoms with Crippen LogP contribution < -0.4 is 5.32 Å². The van der Waals surface area contributed by atoms with Crippen LogP contribution in [-0.4, -0.2) is 30.7 Å². The average Bonchev–Trinajstić information content (AvgIpc) is 2.64. The van der Waals surface area contributed by atoms with Crippen LogP contribution in [-0.2, 0) is 11.3 Å². The highest BCUT2D eigenvalue weighted by Crippen LogP contribution is 2.16. The van der Waals surface area contributed by atoms with Crippen molar-refractivity contribution in [1.82, 2.24) is 4.90 Å². The molecule has 0 spiro atoms. The number of carbonyl (C=O) groups excluding carboxylic acids is 1. The number of hydrogen-bond acceptors (Lipinski definition) is 3. The van der Waals surface area contributed by atoms with Crippen LogP contribution >= 0.6 is 0 Å². The summed E-state index contributed by atoms with van der Waals surface area (Å²) in [5.41, 5.74) is 2.10. The molecule has 0 radical (unpaired) electrons. The molecule has 0 aliphatic carbocycles. The molecule has 1 aliphatic rings. The van der Waals surface area contributed by atoms with Gasteiger partial charge in [-0.1, -0.05) is 51.7 Å². The Kier molecular flexibility index (Phi) is 8.81. The van der Waals surface area contributed by atoms with Gasteiger partial charge >= 0.3 is 6.09 Å². The maximum Gasteiger partial charge on any atom is 0.411 e. The van der Waals surface area contributed by atoms with Crippen LogP contribution in [0.1, 0.15) is 64.4 Å². The van der Waals surface area contributed by atoms with Crippen molar-refractivity contribution in [3.63, 3.8) is 0 Å².